The molecule has 0 atom stereocenters. The molecule has 5 heteroatoms. The number of ketones is 1. The second kappa shape index (κ2) is 8.32. The second-order valence-corrected chi connectivity index (χ2v) is 7.64. The molecule has 3 rings (SSSR count). The number of benzene rings is 2. The Labute approximate surface area is 171 Å². The van der Waals surface area contributed by atoms with Crippen molar-refractivity contribution in [2.24, 2.45) is 4.99 Å². The largest absolute Gasteiger partial charge is 0.497 e. The van der Waals surface area contributed by atoms with Crippen LogP contribution in [0.25, 0.3) is 0 Å². The lowest BCUT2D eigenvalue weighted by Gasteiger charge is -2.29. The lowest BCUT2D eigenvalue weighted by molar-refractivity contribution is 0.0958. The predicted molar refractivity (Wildman–Crippen MR) is 114 cm³/mol. The minimum absolute atomic E-state index is 0.0955. The zero-order chi connectivity index (χ0) is 21.0. The van der Waals surface area contributed by atoms with Gasteiger partial charge in [0, 0.05) is 16.7 Å². The van der Waals surface area contributed by atoms with Crippen LogP contribution in [-0.2, 0) is 6.42 Å². The highest BCUT2D eigenvalue weighted by atomic mass is 16.5. The Kier molecular flexibility index (Phi) is 5.84. The van der Waals surface area contributed by atoms with Crippen LogP contribution in [-0.4, -0.2) is 36.6 Å². The molecule has 1 aliphatic rings. The number of amides is 1. The summed E-state index contributed by atoms with van der Waals surface area (Å²) >= 11 is 0. The smallest absolute Gasteiger partial charge is 0.252 e. The zero-order valence-corrected chi connectivity index (χ0v) is 16.9. The summed E-state index contributed by atoms with van der Waals surface area (Å²) in [5, 5.41) is 2.61. The highest BCUT2D eigenvalue weighted by Gasteiger charge is 2.28. The molecule has 1 amide bonds. The van der Waals surface area contributed by atoms with E-state index in [0.29, 0.717) is 11.1 Å². The third kappa shape index (κ3) is 4.72. The van der Waals surface area contributed by atoms with Gasteiger partial charge < -0.3 is 10.1 Å². The van der Waals surface area contributed by atoms with Gasteiger partial charge in [-0.15, -0.1) is 6.42 Å². The number of nitrogens with one attached hydrogen (secondary N) is 1. The number of nitrogens with zero attached hydrogens (tertiary/aromatic N) is 1. The van der Waals surface area contributed by atoms with Gasteiger partial charge >= 0.3 is 0 Å². The fourth-order valence-electron chi connectivity index (χ4n) is 3.49. The van der Waals surface area contributed by atoms with Crippen molar-refractivity contribution in [1.29, 1.82) is 0 Å². The quantitative estimate of drug-likeness (QED) is 0.609. The molecule has 0 spiro atoms. The van der Waals surface area contributed by atoms with E-state index >= 15 is 0 Å². The monoisotopic (exact) mass is 388 g/mol. The normalized spacial score (nSPS) is 14.2. The first-order valence-electron chi connectivity index (χ1n) is 9.44. The number of carbonyl (C=O) groups is 2. The van der Waals surface area contributed by atoms with E-state index < -0.39 is 0 Å². The Morgan fingerprint density at radius 2 is 1.97 bits per heavy atom. The van der Waals surface area contributed by atoms with Gasteiger partial charge in [0.1, 0.15) is 5.75 Å². The predicted octanol–water partition coefficient (Wildman–Crippen LogP) is 3.46. The molecule has 148 valence electrons. The van der Waals surface area contributed by atoms with Crippen LogP contribution in [0.5, 0.6) is 5.75 Å². The highest BCUT2D eigenvalue weighted by Crippen LogP contribution is 2.31. The Bertz CT molecular complexity index is 1030. The number of hydrogen-bond donors (Lipinski definition) is 1. The van der Waals surface area contributed by atoms with Crippen molar-refractivity contribution in [1.82, 2.24) is 5.32 Å². The van der Waals surface area contributed by atoms with Crippen LogP contribution in [0.2, 0.25) is 0 Å². The van der Waals surface area contributed by atoms with E-state index in [-0.39, 0.29) is 30.2 Å². The number of methoxy groups -OCH3 is 1. The van der Waals surface area contributed by atoms with Crippen molar-refractivity contribution < 1.29 is 14.3 Å². The highest BCUT2D eigenvalue weighted by molar-refractivity contribution is 6.17. The summed E-state index contributed by atoms with van der Waals surface area (Å²) in [6, 6.07) is 12.5. The lowest BCUT2D eigenvalue weighted by atomic mass is 9.85. The Hall–Kier alpha value is -3.39. The lowest BCUT2D eigenvalue weighted by Crippen LogP contribution is -2.30. The van der Waals surface area contributed by atoms with E-state index in [1.807, 2.05) is 18.2 Å². The van der Waals surface area contributed by atoms with Gasteiger partial charge in [0.25, 0.3) is 5.91 Å². The van der Waals surface area contributed by atoms with E-state index in [2.05, 4.69) is 25.1 Å². The summed E-state index contributed by atoms with van der Waals surface area (Å²) in [5.74, 6) is 2.70. The maximum absolute atomic E-state index is 13.0. The van der Waals surface area contributed by atoms with E-state index in [1.54, 1.807) is 31.4 Å². The van der Waals surface area contributed by atoms with Gasteiger partial charge in [0.2, 0.25) is 0 Å². The zero-order valence-electron chi connectivity index (χ0n) is 16.9. The molecule has 1 N–H and O–H groups in total. The van der Waals surface area contributed by atoms with Crippen molar-refractivity contribution >= 4 is 17.4 Å². The number of ether oxygens (including phenoxy) is 1. The number of Topliss-reactive ketones (excluding diaryl/α,β-unsaturated/α-hetero) is 1. The van der Waals surface area contributed by atoms with Crippen molar-refractivity contribution in [3.63, 3.8) is 0 Å². The minimum atomic E-state index is -0.302. The average molecular weight is 388 g/mol. The molecule has 0 aliphatic carbocycles. The third-order valence-corrected chi connectivity index (χ3v) is 4.81. The van der Waals surface area contributed by atoms with Crippen LogP contribution in [0.1, 0.15) is 52.1 Å². The third-order valence-electron chi connectivity index (χ3n) is 4.81. The van der Waals surface area contributed by atoms with Crippen LogP contribution in [0.3, 0.4) is 0 Å². The molecule has 1 heterocycles. The molecule has 0 saturated carbocycles. The van der Waals surface area contributed by atoms with E-state index in [1.165, 1.54) is 0 Å². The van der Waals surface area contributed by atoms with Gasteiger partial charge in [-0.2, -0.15) is 0 Å². The van der Waals surface area contributed by atoms with Crippen LogP contribution >= 0.6 is 0 Å². The number of terminal acetylenes is 1. The Balaban J connectivity index is 1.88. The van der Waals surface area contributed by atoms with Crippen molar-refractivity contribution in [2.75, 3.05) is 13.7 Å². The summed E-state index contributed by atoms with van der Waals surface area (Å²) in [5.41, 5.74) is 3.42. The number of fused-ring (bicyclic) bond motifs is 1. The van der Waals surface area contributed by atoms with Gasteiger partial charge in [-0.3, -0.25) is 14.6 Å². The minimum Gasteiger partial charge on any atom is -0.497 e. The molecule has 5 nitrogen and oxygen atoms in total. The second-order valence-electron chi connectivity index (χ2n) is 7.64. The number of rotatable bonds is 6. The number of aliphatic imine (C=N–C) groups is 1. The molecule has 2 aromatic carbocycles. The fraction of sp³-hybridized carbons (Fsp3) is 0.292. The van der Waals surface area contributed by atoms with Gasteiger partial charge in [-0.1, -0.05) is 24.1 Å². The summed E-state index contributed by atoms with van der Waals surface area (Å²) in [4.78, 5) is 30.0. The summed E-state index contributed by atoms with van der Waals surface area (Å²) in [6.45, 7) is 4.25. The molecular formula is C24H24N2O3. The topological polar surface area (TPSA) is 67.8 Å². The average Bonchev–Trinajstić information content (AvgIpc) is 2.71. The Morgan fingerprint density at radius 1 is 1.21 bits per heavy atom. The van der Waals surface area contributed by atoms with E-state index in [0.717, 1.165) is 29.0 Å². The van der Waals surface area contributed by atoms with Gasteiger partial charge in [0.15, 0.2) is 5.78 Å². The van der Waals surface area contributed by atoms with Gasteiger partial charge in [-0.25, -0.2) is 0 Å². The standard InChI is InChI=1S/C24H24N2O3/c1-5-11-25-23(28)17-8-6-7-16(12-17)22(27)14-21-20-13-19(29-4)10-9-18(20)15-24(2,3)26-21/h1,6-10,12-13H,11,14-15H2,2-4H3,(H,25,28). The van der Waals surface area contributed by atoms with Crippen molar-refractivity contribution in [2.45, 2.75) is 32.2 Å². The van der Waals surface area contributed by atoms with Crippen LogP contribution in [0.15, 0.2) is 47.5 Å². The molecule has 0 aromatic heterocycles. The van der Waals surface area contributed by atoms with E-state index in [9.17, 15) is 9.59 Å². The molecular weight excluding hydrogens is 364 g/mol. The molecule has 2 aromatic rings. The molecule has 0 saturated heterocycles. The van der Waals surface area contributed by atoms with E-state index in [4.69, 9.17) is 16.2 Å². The maximum Gasteiger partial charge on any atom is 0.252 e. The van der Waals surface area contributed by atoms with Crippen molar-refractivity contribution in [3.05, 3.63) is 64.7 Å². The van der Waals surface area contributed by atoms with Crippen LogP contribution < -0.4 is 10.1 Å². The number of hydrogen-bond acceptors (Lipinski definition) is 4. The number of carbonyl (C=O) groups excluding carboxylic acids is 2. The van der Waals surface area contributed by atoms with Crippen LogP contribution in [0, 0.1) is 12.3 Å². The maximum atomic E-state index is 13.0. The first-order valence-corrected chi connectivity index (χ1v) is 9.44. The summed E-state index contributed by atoms with van der Waals surface area (Å²) in [7, 11) is 1.62. The van der Waals surface area contributed by atoms with Crippen molar-refractivity contribution in [3.8, 4) is 18.1 Å². The first kappa shape index (κ1) is 20.3. The van der Waals surface area contributed by atoms with Gasteiger partial charge in [-0.05, 0) is 50.1 Å². The first-order chi connectivity index (χ1) is 13.8. The fourth-order valence-corrected chi connectivity index (χ4v) is 3.49. The van der Waals surface area contributed by atoms with Crippen LogP contribution in [0.4, 0.5) is 0 Å². The molecule has 0 radical (unpaired) electrons. The summed E-state index contributed by atoms with van der Waals surface area (Å²) < 4.78 is 5.35. The van der Waals surface area contributed by atoms with Gasteiger partial charge in [0.05, 0.1) is 31.3 Å². The molecule has 0 fully saturated rings. The molecule has 29 heavy (non-hydrogen) atoms. The Morgan fingerprint density at radius 3 is 2.69 bits per heavy atom. The molecule has 1 aliphatic heterocycles. The molecule has 0 unspecified atom stereocenters. The SMILES string of the molecule is C#CCNC(=O)c1cccc(C(=O)CC2=NC(C)(C)Cc3ccc(OC)cc32)c1. The molecule has 0 bridgehead atoms. The summed E-state index contributed by atoms with van der Waals surface area (Å²) in [6.07, 6.45) is 6.13.